The van der Waals surface area contributed by atoms with E-state index in [2.05, 4.69) is 30.1 Å². The van der Waals surface area contributed by atoms with Crippen LogP contribution in [0.3, 0.4) is 0 Å². The average molecular weight is 691 g/mol. The van der Waals surface area contributed by atoms with Crippen molar-refractivity contribution in [2.75, 3.05) is 6.54 Å². The summed E-state index contributed by atoms with van der Waals surface area (Å²) in [5.74, 6) is -1.87. The molecular weight excluding hydrogens is 652 g/mol. The maximum absolute atomic E-state index is 13.5. The summed E-state index contributed by atoms with van der Waals surface area (Å²) in [6.07, 6.45) is -6.57. The maximum atomic E-state index is 13.5. The van der Waals surface area contributed by atoms with Crippen LogP contribution >= 0.6 is 0 Å². The van der Waals surface area contributed by atoms with Gasteiger partial charge in [-0.3, -0.25) is 9.59 Å². The molecule has 0 radical (unpaired) electrons. The predicted molar refractivity (Wildman–Crippen MR) is 175 cm³/mol. The first kappa shape index (κ1) is 37.3. The first-order chi connectivity index (χ1) is 24.1. The minimum atomic E-state index is -1.73. The number of hydrogen-bond acceptors (Lipinski definition) is 11. The lowest BCUT2D eigenvalue weighted by molar-refractivity contribution is -0.204. The smallest absolute Gasteiger partial charge is 0.410 e. The summed E-state index contributed by atoms with van der Waals surface area (Å²) in [5, 5.41) is 22.7. The van der Waals surface area contributed by atoms with E-state index in [4.69, 9.17) is 18.9 Å². The van der Waals surface area contributed by atoms with Gasteiger partial charge in [0.05, 0.1) is 18.2 Å². The highest BCUT2D eigenvalue weighted by atomic mass is 16.6. The first-order valence-corrected chi connectivity index (χ1v) is 15.9. The normalized spacial score (nSPS) is 27.2. The second kappa shape index (κ2) is 18.3. The number of benzene rings is 2. The Kier molecular flexibility index (Phi) is 13.7. The van der Waals surface area contributed by atoms with Gasteiger partial charge in [0.25, 0.3) is 0 Å². The topological polar surface area (TPSA) is 258 Å². The Morgan fingerprint density at radius 1 is 0.800 bits per heavy atom. The third kappa shape index (κ3) is 10.0. The second-order valence-corrected chi connectivity index (χ2v) is 12.0. The molecule has 0 heterocycles. The molecule has 2 fully saturated rings. The lowest BCUT2D eigenvalue weighted by atomic mass is 9.80. The van der Waals surface area contributed by atoms with Crippen LogP contribution in [0.25, 0.3) is 31.3 Å². The summed E-state index contributed by atoms with van der Waals surface area (Å²) >= 11 is 0. The number of hydrogen-bond donors (Lipinski definition) is 1. The molecule has 0 bridgehead atoms. The van der Waals surface area contributed by atoms with Gasteiger partial charge >= 0.3 is 18.0 Å². The Bertz CT molecular complexity index is 1620. The van der Waals surface area contributed by atoms with E-state index >= 15 is 0 Å². The van der Waals surface area contributed by atoms with Gasteiger partial charge in [0.15, 0.2) is 0 Å². The zero-order chi connectivity index (χ0) is 36.0. The van der Waals surface area contributed by atoms with Crippen LogP contribution in [0, 0.1) is 5.92 Å². The monoisotopic (exact) mass is 690 g/mol. The van der Waals surface area contributed by atoms with Gasteiger partial charge in [-0.15, -0.1) is 0 Å². The average Bonchev–Trinajstić information content (AvgIpc) is 3.10. The Morgan fingerprint density at radius 3 is 1.94 bits per heavy atom. The summed E-state index contributed by atoms with van der Waals surface area (Å²) in [6.45, 7) is 2.72. The highest BCUT2D eigenvalue weighted by molar-refractivity contribution is 5.68. The number of esters is 2. The van der Waals surface area contributed by atoms with Crippen molar-refractivity contribution >= 4 is 18.0 Å². The van der Waals surface area contributed by atoms with Gasteiger partial charge in [-0.25, -0.2) is 4.79 Å². The van der Waals surface area contributed by atoms with Gasteiger partial charge in [0.1, 0.15) is 37.0 Å². The van der Waals surface area contributed by atoms with Crippen LogP contribution in [-0.2, 0) is 41.7 Å². The fraction of sp³-hybridized carbons (Fsp3) is 0.531. The largest absolute Gasteiger partial charge is 0.461 e. The summed E-state index contributed by atoms with van der Waals surface area (Å²) in [6, 6.07) is 15.0. The van der Waals surface area contributed by atoms with Crippen molar-refractivity contribution in [3.63, 3.8) is 0 Å². The van der Waals surface area contributed by atoms with E-state index in [0.717, 1.165) is 25.0 Å². The molecule has 1 amide bonds. The van der Waals surface area contributed by atoms with Crippen molar-refractivity contribution in [1.82, 2.24) is 4.90 Å². The lowest BCUT2D eigenvalue weighted by Gasteiger charge is -2.47. The van der Waals surface area contributed by atoms with Crippen LogP contribution in [0.4, 0.5) is 4.79 Å². The molecule has 50 heavy (non-hydrogen) atoms. The van der Waals surface area contributed by atoms with Crippen molar-refractivity contribution in [2.45, 2.75) is 94.9 Å². The van der Waals surface area contributed by atoms with Crippen molar-refractivity contribution < 1.29 is 38.4 Å². The van der Waals surface area contributed by atoms with E-state index in [0.29, 0.717) is 12.8 Å². The number of ether oxygens (including phenoxy) is 4. The summed E-state index contributed by atoms with van der Waals surface area (Å²) in [5.41, 5.74) is 29.8. The molecule has 4 rings (SSSR count). The molecule has 2 saturated carbocycles. The minimum Gasteiger partial charge on any atom is -0.461 e. The zero-order valence-electron chi connectivity index (χ0n) is 27.5. The molecule has 18 heteroatoms. The Morgan fingerprint density at radius 2 is 1.36 bits per heavy atom. The van der Waals surface area contributed by atoms with Gasteiger partial charge in [-0.2, -0.15) is 0 Å². The molecule has 9 atom stereocenters. The third-order valence-corrected chi connectivity index (χ3v) is 8.55. The van der Waals surface area contributed by atoms with Gasteiger partial charge in [-0.1, -0.05) is 76.0 Å². The Hall–Kier alpha value is -5.50. The number of azide groups is 3. The number of aliphatic hydroxyl groups is 1. The van der Waals surface area contributed by atoms with Gasteiger partial charge in [-0.05, 0) is 52.9 Å². The number of carbonyl (C=O) groups is 3. The standard InChI is InChI=1S/C32H38N10O8/c1-19(43)48-29-26(37-40-34)30(49-20(2)44)28(45)31(27(29)38-41-35)50-25-15-23(13-14-24(25)36-39-33)17-42(16-21-9-5-3-6-10-21)32(46)47-18-22-11-7-4-8-12-22/h3-12,23-31,45H,13-18H2,1-2H3/t23-,24-,25+,26-,27+,28-,29-,30+,31-/m1/s1. The molecule has 2 aromatic carbocycles. The molecule has 0 spiro atoms. The lowest BCUT2D eigenvalue weighted by Crippen LogP contribution is -2.65. The van der Waals surface area contributed by atoms with Gasteiger partial charge in [0, 0.05) is 41.7 Å². The van der Waals surface area contributed by atoms with Crippen LogP contribution in [0.15, 0.2) is 76.0 Å². The fourth-order valence-electron chi connectivity index (χ4n) is 6.41. The zero-order valence-corrected chi connectivity index (χ0v) is 27.5. The number of nitrogens with zero attached hydrogens (tertiary/aromatic N) is 10. The van der Waals surface area contributed by atoms with Crippen LogP contribution in [0.2, 0.25) is 0 Å². The summed E-state index contributed by atoms with van der Waals surface area (Å²) in [4.78, 5) is 47.8. The predicted octanol–water partition coefficient (Wildman–Crippen LogP) is 5.65. The number of rotatable bonds is 13. The van der Waals surface area contributed by atoms with Gasteiger partial charge < -0.3 is 29.0 Å². The third-order valence-electron chi connectivity index (χ3n) is 8.55. The van der Waals surface area contributed by atoms with Crippen LogP contribution in [-0.4, -0.2) is 83.2 Å². The molecular formula is C32H38N10O8. The van der Waals surface area contributed by atoms with E-state index in [9.17, 15) is 36.1 Å². The highest BCUT2D eigenvalue weighted by Crippen LogP contribution is 2.37. The van der Waals surface area contributed by atoms with Crippen molar-refractivity contribution in [3.05, 3.63) is 103 Å². The molecule has 2 aliphatic rings. The van der Waals surface area contributed by atoms with Crippen LogP contribution in [0.5, 0.6) is 0 Å². The number of carbonyl (C=O) groups excluding carboxylic acids is 3. The highest BCUT2D eigenvalue weighted by Gasteiger charge is 2.55. The number of amides is 1. The molecule has 0 saturated heterocycles. The molecule has 18 nitrogen and oxygen atoms in total. The summed E-state index contributed by atoms with van der Waals surface area (Å²) in [7, 11) is 0. The Balaban J connectivity index is 1.61. The van der Waals surface area contributed by atoms with E-state index in [1.165, 1.54) is 0 Å². The molecule has 0 aliphatic heterocycles. The van der Waals surface area contributed by atoms with Crippen molar-refractivity contribution in [2.24, 2.45) is 21.3 Å². The summed E-state index contributed by atoms with van der Waals surface area (Å²) < 4.78 is 22.8. The van der Waals surface area contributed by atoms with Crippen LogP contribution < -0.4 is 0 Å². The van der Waals surface area contributed by atoms with E-state index in [-0.39, 0.29) is 32.0 Å². The van der Waals surface area contributed by atoms with E-state index in [1.54, 1.807) is 4.90 Å². The molecule has 2 aliphatic carbocycles. The quantitative estimate of drug-likeness (QED) is 0.0899. The van der Waals surface area contributed by atoms with Crippen molar-refractivity contribution in [3.8, 4) is 0 Å². The fourth-order valence-corrected chi connectivity index (χ4v) is 6.41. The molecule has 0 aromatic heterocycles. The van der Waals surface area contributed by atoms with E-state index in [1.807, 2.05) is 60.7 Å². The number of aliphatic hydroxyl groups excluding tert-OH is 1. The van der Waals surface area contributed by atoms with Crippen molar-refractivity contribution in [1.29, 1.82) is 0 Å². The second-order valence-electron chi connectivity index (χ2n) is 12.0. The SMILES string of the molecule is CC(=O)O[C@@H]1[C@@H](N=[N+]=[N-])[C@H](OC(C)=O)[C@@H](O)[C@H](O[C@H]2C[C@H](CN(Cc3ccccc3)C(=O)OCc3ccccc3)CC[C@H]2N=[N+]=[N-])[C@H]1N=[N+]=[N-]. The molecule has 264 valence electrons. The molecule has 1 N–H and O–H groups in total. The molecule has 2 aromatic rings. The van der Waals surface area contributed by atoms with Crippen LogP contribution in [0.1, 0.15) is 44.2 Å². The first-order valence-electron chi connectivity index (χ1n) is 15.9. The van der Waals surface area contributed by atoms with E-state index < -0.39 is 66.7 Å². The van der Waals surface area contributed by atoms with Gasteiger partial charge in [0.2, 0.25) is 0 Å². The Labute approximate surface area is 287 Å². The molecule has 0 unspecified atom stereocenters. The minimum absolute atomic E-state index is 0.0739. The maximum Gasteiger partial charge on any atom is 0.410 e.